The van der Waals surface area contributed by atoms with Gasteiger partial charge in [-0.3, -0.25) is 9.48 Å². The molecule has 0 bridgehead atoms. The van der Waals surface area contributed by atoms with Crippen molar-refractivity contribution in [1.82, 2.24) is 15.1 Å². The van der Waals surface area contributed by atoms with Crippen LogP contribution < -0.4 is 11.1 Å². The molecule has 0 aliphatic carbocycles. The van der Waals surface area contributed by atoms with Crippen LogP contribution in [0.15, 0.2) is 30.5 Å². The quantitative estimate of drug-likeness (QED) is 0.909. The van der Waals surface area contributed by atoms with E-state index in [1.54, 1.807) is 7.05 Å². The van der Waals surface area contributed by atoms with E-state index in [4.69, 9.17) is 5.73 Å². The van der Waals surface area contributed by atoms with Gasteiger partial charge in [0.25, 0.3) is 5.91 Å². The summed E-state index contributed by atoms with van der Waals surface area (Å²) in [5, 5.41) is 6.29. The molecule has 8 heteroatoms. The largest absolute Gasteiger partial charge is 0.417 e. The van der Waals surface area contributed by atoms with Crippen molar-refractivity contribution in [3.8, 4) is 0 Å². The van der Waals surface area contributed by atoms with Gasteiger partial charge in [0, 0.05) is 19.2 Å². The number of nitrogens with two attached hydrogens (primary N) is 1. The number of hydrogen-bond donors (Lipinski definition) is 2. The van der Waals surface area contributed by atoms with Gasteiger partial charge >= 0.3 is 6.18 Å². The third-order valence-corrected chi connectivity index (χ3v) is 2.98. The lowest BCUT2D eigenvalue weighted by molar-refractivity contribution is -0.137. The number of carbonyl (C=O) groups is 1. The zero-order valence-electron chi connectivity index (χ0n) is 11.1. The molecule has 1 heterocycles. The van der Waals surface area contributed by atoms with Crippen LogP contribution in [0.4, 0.5) is 19.0 Å². The normalized spacial score (nSPS) is 11.4. The molecule has 0 radical (unpaired) electrons. The van der Waals surface area contributed by atoms with Gasteiger partial charge in [-0.1, -0.05) is 12.1 Å². The summed E-state index contributed by atoms with van der Waals surface area (Å²) < 4.78 is 39.9. The Bertz CT molecular complexity index is 664. The van der Waals surface area contributed by atoms with Crippen molar-refractivity contribution in [1.29, 1.82) is 0 Å². The molecule has 0 saturated carbocycles. The molecular formula is C13H13F3N4O. The Balaban J connectivity index is 2.16. The van der Waals surface area contributed by atoms with E-state index in [0.717, 1.165) is 12.1 Å². The van der Waals surface area contributed by atoms with Crippen LogP contribution in [0, 0.1) is 0 Å². The average Bonchev–Trinajstić information content (AvgIpc) is 2.75. The van der Waals surface area contributed by atoms with Gasteiger partial charge in [-0.05, 0) is 12.1 Å². The summed E-state index contributed by atoms with van der Waals surface area (Å²) in [5.74, 6) is -0.467. The number of hydrogen-bond acceptors (Lipinski definition) is 3. The summed E-state index contributed by atoms with van der Waals surface area (Å²) in [6.07, 6.45) is -3.13. The topological polar surface area (TPSA) is 72.9 Å². The summed E-state index contributed by atoms with van der Waals surface area (Å²) in [6, 6.07) is 4.61. The molecule has 1 aromatic heterocycles. The Morgan fingerprint density at radius 3 is 2.62 bits per heavy atom. The Labute approximate surface area is 118 Å². The summed E-state index contributed by atoms with van der Waals surface area (Å²) in [4.78, 5) is 11.9. The van der Waals surface area contributed by atoms with E-state index in [2.05, 4.69) is 10.4 Å². The van der Waals surface area contributed by atoms with E-state index in [1.807, 2.05) is 0 Å². The third kappa shape index (κ3) is 3.15. The Morgan fingerprint density at radius 2 is 2.05 bits per heavy atom. The Morgan fingerprint density at radius 1 is 1.38 bits per heavy atom. The number of anilines is 1. The van der Waals surface area contributed by atoms with Crippen molar-refractivity contribution in [2.45, 2.75) is 12.7 Å². The zero-order chi connectivity index (χ0) is 15.6. The van der Waals surface area contributed by atoms with Crippen LogP contribution in [0.25, 0.3) is 0 Å². The fourth-order valence-electron chi connectivity index (χ4n) is 1.83. The van der Waals surface area contributed by atoms with Crippen LogP contribution in [0.2, 0.25) is 0 Å². The zero-order valence-corrected chi connectivity index (χ0v) is 11.1. The average molecular weight is 298 g/mol. The number of aryl methyl sites for hydroxylation is 1. The highest BCUT2D eigenvalue weighted by atomic mass is 19.4. The first-order valence-electron chi connectivity index (χ1n) is 6.01. The lowest BCUT2D eigenvalue weighted by atomic mass is 10.1. The van der Waals surface area contributed by atoms with Crippen molar-refractivity contribution < 1.29 is 18.0 Å². The number of nitrogens with one attached hydrogen (secondary N) is 1. The lowest BCUT2D eigenvalue weighted by Gasteiger charge is -2.12. The second-order valence-corrected chi connectivity index (χ2v) is 4.40. The molecular weight excluding hydrogens is 285 g/mol. The van der Waals surface area contributed by atoms with Gasteiger partial charge < -0.3 is 11.1 Å². The molecule has 112 valence electrons. The second-order valence-electron chi connectivity index (χ2n) is 4.40. The maximum Gasteiger partial charge on any atom is 0.417 e. The molecule has 0 spiro atoms. The van der Waals surface area contributed by atoms with Gasteiger partial charge in [-0.25, -0.2) is 0 Å². The van der Waals surface area contributed by atoms with Crippen LogP contribution >= 0.6 is 0 Å². The summed E-state index contributed by atoms with van der Waals surface area (Å²) in [7, 11) is 1.62. The monoisotopic (exact) mass is 298 g/mol. The van der Waals surface area contributed by atoms with E-state index in [9.17, 15) is 18.0 Å². The smallest absolute Gasteiger partial charge is 0.384 e. The molecule has 0 aliphatic heterocycles. The first-order chi connectivity index (χ1) is 9.80. The van der Waals surface area contributed by atoms with Crippen molar-refractivity contribution >= 4 is 11.7 Å². The Hall–Kier alpha value is -2.51. The molecule has 0 fully saturated rings. The third-order valence-electron chi connectivity index (χ3n) is 2.98. The van der Waals surface area contributed by atoms with Gasteiger partial charge in [0.15, 0.2) is 0 Å². The lowest BCUT2D eigenvalue weighted by Crippen LogP contribution is -2.26. The number of nitrogens with zero attached hydrogens (tertiary/aromatic N) is 2. The molecule has 2 aromatic rings. The molecule has 5 nitrogen and oxygen atoms in total. The van der Waals surface area contributed by atoms with Crippen molar-refractivity contribution in [2.75, 3.05) is 5.73 Å². The van der Waals surface area contributed by atoms with Crippen LogP contribution in [-0.4, -0.2) is 15.7 Å². The predicted molar refractivity (Wildman–Crippen MR) is 70.2 cm³/mol. The number of amides is 1. The first-order valence-corrected chi connectivity index (χ1v) is 6.01. The standard InChI is InChI=1S/C13H13F3N4O/c1-20-11(17)8(7-19-20)6-18-12(21)9-4-2-3-5-10(9)13(14,15)16/h2-5,7H,6,17H2,1H3,(H,18,21). The number of nitrogen functional groups attached to an aromatic ring is 1. The SMILES string of the molecule is Cn1ncc(CNC(=O)c2ccccc2C(F)(F)F)c1N. The fraction of sp³-hybridized carbons (Fsp3) is 0.231. The molecule has 1 aromatic carbocycles. The van der Waals surface area contributed by atoms with Crippen LogP contribution in [0.1, 0.15) is 21.5 Å². The van der Waals surface area contributed by atoms with Crippen LogP contribution in [-0.2, 0) is 19.8 Å². The molecule has 0 saturated heterocycles. The van der Waals surface area contributed by atoms with E-state index in [-0.39, 0.29) is 6.54 Å². The van der Waals surface area contributed by atoms with Gasteiger partial charge in [0.05, 0.1) is 17.3 Å². The predicted octanol–water partition coefficient (Wildman–Crippen LogP) is 1.95. The Kier molecular flexibility index (Phi) is 3.88. The maximum absolute atomic E-state index is 12.8. The highest BCUT2D eigenvalue weighted by Gasteiger charge is 2.34. The molecule has 1 amide bonds. The molecule has 0 unspecified atom stereocenters. The number of carbonyl (C=O) groups excluding carboxylic acids is 1. The molecule has 2 rings (SSSR count). The number of rotatable bonds is 3. The highest BCUT2D eigenvalue weighted by Crippen LogP contribution is 2.31. The number of alkyl halides is 3. The van der Waals surface area contributed by atoms with E-state index >= 15 is 0 Å². The van der Waals surface area contributed by atoms with E-state index < -0.39 is 23.2 Å². The number of halogens is 3. The van der Waals surface area contributed by atoms with Gasteiger partial charge in [0.2, 0.25) is 0 Å². The van der Waals surface area contributed by atoms with Crippen molar-refractivity contribution in [3.05, 3.63) is 47.2 Å². The van der Waals surface area contributed by atoms with Crippen molar-refractivity contribution in [2.24, 2.45) is 7.05 Å². The fourth-order valence-corrected chi connectivity index (χ4v) is 1.83. The minimum atomic E-state index is -4.58. The van der Waals surface area contributed by atoms with Gasteiger partial charge in [-0.15, -0.1) is 0 Å². The maximum atomic E-state index is 12.8. The van der Waals surface area contributed by atoms with E-state index in [0.29, 0.717) is 11.4 Å². The van der Waals surface area contributed by atoms with Crippen LogP contribution in [0.5, 0.6) is 0 Å². The number of benzene rings is 1. The molecule has 21 heavy (non-hydrogen) atoms. The number of aromatic nitrogens is 2. The molecule has 3 N–H and O–H groups in total. The molecule has 0 aliphatic rings. The minimum Gasteiger partial charge on any atom is -0.384 e. The summed E-state index contributed by atoms with van der Waals surface area (Å²) in [5.41, 5.74) is 4.84. The second kappa shape index (κ2) is 5.47. The highest BCUT2D eigenvalue weighted by molar-refractivity contribution is 5.95. The minimum absolute atomic E-state index is 0.00466. The molecule has 0 atom stereocenters. The first kappa shape index (κ1) is 14.9. The summed E-state index contributed by atoms with van der Waals surface area (Å²) in [6.45, 7) is 0.00466. The summed E-state index contributed by atoms with van der Waals surface area (Å²) >= 11 is 0. The van der Waals surface area contributed by atoms with Gasteiger partial charge in [-0.2, -0.15) is 18.3 Å². The van der Waals surface area contributed by atoms with Crippen molar-refractivity contribution in [3.63, 3.8) is 0 Å². The van der Waals surface area contributed by atoms with Gasteiger partial charge in [0.1, 0.15) is 5.82 Å². The van der Waals surface area contributed by atoms with E-state index in [1.165, 1.54) is 23.0 Å². The van der Waals surface area contributed by atoms with Crippen LogP contribution in [0.3, 0.4) is 0 Å².